The van der Waals surface area contributed by atoms with Crippen LogP contribution in [0.1, 0.15) is 47.0 Å². The highest BCUT2D eigenvalue weighted by molar-refractivity contribution is 6.40. The van der Waals surface area contributed by atoms with Gasteiger partial charge in [0, 0.05) is 57.8 Å². The van der Waals surface area contributed by atoms with Gasteiger partial charge in [-0.3, -0.25) is 44.3 Å². The Bertz CT molecular complexity index is 2680. The van der Waals surface area contributed by atoms with Crippen LogP contribution in [0.3, 0.4) is 0 Å². The van der Waals surface area contributed by atoms with Crippen molar-refractivity contribution in [2.45, 2.75) is 6.92 Å². The minimum atomic E-state index is -0.700. The van der Waals surface area contributed by atoms with Gasteiger partial charge in [0.05, 0.1) is 9.85 Å². The lowest BCUT2D eigenvalue weighted by Crippen LogP contribution is -2.36. The van der Waals surface area contributed by atoms with Crippen molar-refractivity contribution in [3.63, 3.8) is 0 Å². The third-order valence-corrected chi connectivity index (χ3v) is 9.56. The molecule has 50 heavy (non-hydrogen) atoms. The third kappa shape index (κ3) is 4.18. The topological polar surface area (TPSA) is 170 Å². The Morgan fingerprint density at radius 2 is 1.20 bits per heavy atom. The zero-order valence-electron chi connectivity index (χ0n) is 26.3. The van der Waals surface area contributed by atoms with Gasteiger partial charge in [-0.2, -0.15) is 0 Å². The number of benzene rings is 7. The molecule has 0 atom stereocenters. The van der Waals surface area contributed by atoms with E-state index in [0.717, 1.165) is 15.7 Å². The van der Waals surface area contributed by atoms with Crippen molar-refractivity contribution >= 4 is 84.2 Å². The summed E-state index contributed by atoms with van der Waals surface area (Å²) in [7, 11) is 1.44. The van der Waals surface area contributed by atoms with Gasteiger partial charge >= 0.3 is 0 Å². The van der Waals surface area contributed by atoms with Crippen LogP contribution in [0.15, 0.2) is 84.9 Å². The fourth-order valence-corrected chi connectivity index (χ4v) is 7.16. The quantitative estimate of drug-likeness (QED) is 0.0469. The molecule has 0 radical (unpaired) electrons. The van der Waals surface area contributed by atoms with E-state index in [1.54, 1.807) is 67.6 Å². The lowest BCUT2D eigenvalue weighted by molar-refractivity contribution is -0.385. The first-order valence-corrected chi connectivity index (χ1v) is 15.3. The van der Waals surface area contributed by atoms with E-state index >= 15 is 0 Å². The van der Waals surface area contributed by atoms with Crippen LogP contribution >= 0.6 is 0 Å². The molecule has 0 unspecified atom stereocenters. The fourth-order valence-electron chi connectivity index (χ4n) is 7.16. The van der Waals surface area contributed by atoms with Crippen molar-refractivity contribution in [2.24, 2.45) is 0 Å². The number of hydrogen-bond donors (Lipinski definition) is 1. The summed E-state index contributed by atoms with van der Waals surface area (Å²) in [6.45, 7) is 1.59. The molecule has 7 aromatic carbocycles. The van der Waals surface area contributed by atoms with E-state index in [1.807, 2.05) is 0 Å². The number of carbonyl (C=O) groups is 4. The van der Waals surface area contributed by atoms with Crippen LogP contribution in [0.25, 0.3) is 54.2 Å². The van der Waals surface area contributed by atoms with Crippen molar-refractivity contribution in [3.05, 3.63) is 133 Å². The first-order chi connectivity index (χ1) is 24.0. The standard InChI is InChI=1S/C38H22N4O8/c1-18-3-4-19(15-30(18)41(47)48)20-6-14-29(31(16-20)42(49)50)39-36(44)26-11-8-23-25-10-13-28-35-27(37(45)40(2)38(28)46)12-9-24(34(25)35)22-7-5-21(17-43)32(26)33(22)23/h3-17H,1-2H3,(H,39,44). The summed E-state index contributed by atoms with van der Waals surface area (Å²) >= 11 is 0. The molecule has 1 N–H and O–H groups in total. The third-order valence-electron chi connectivity index (χ3n) is 9.56. The van der Waals surface area contributed by atoms with E-state index in [4.69, 9.17) is 0 Å². The Morgan fingerprint density at radius 1 is 0.680 bits per heavy atom. The van der Waals surface area contributed by atoms with E-state index in [9.17, 15) is 39.4 Å². The van der Waals surface area contributed by atoms with Crippen LogP contribution in [0.5, 0.6) is 0 Å². The van der Waals surface area contributed by atoms with Crippen LogP contribution in [0.2, 0.25) is 0 Å². The number of rotatable bonds is 6. The maximum Gasteiger partial charge on any atom is 0.293 e. The Hall–Kier alpha value is -7.08. The zero-order chi connectivity index (χ0) is 35.2. The first kappa shape index (κ1) is 30.3. The Labute approximate surface area is 281 Å². The van der Waals surface area contributed by atoms with Gasteiger partial charge in [0.1, 0.15) is 5.69 Å². The van der Waals surface area contributed by atoms with E-state index in [1.165, 1.54) is 31.3 Å². The minimum Gasteiger partial charge on any atom is -0.316 e. The van der Waals surface area contributed by atoms with Gasteiger partial charge in [0.25, 0.3) is 29.1 Å². The number of anilines is 1. The molecule has 0 fully saturated rings. The highest BCUT2D eigenvalue weighted by Crippen LogP contribution is 2.45. The molecular formula is C38H22N4O8. The molecular weight excluding hydrogens is 640 g/mol. The highest BCUT2D eigenvalue weighted by Gasteiger charge is 2.32. The number of imide groups is 1. The van der Waals surface area contributed by atoms with Gasteiger partial charge in [-0.05, 0) is 74.6 Å². The van der Waals surface area contributed by atoms with Crippen molar-refractivity contribution in [1.29, 1.82) is 0 Å². The van der Waals surface area contributed by atoms with Crippen LogP contribution < -0.4 is 5.32 Å². The lowest BCUT2D eigenvalue weighted by Gasteiger charge is -2.26. The van der Waals surface area contributed by atoms with Gasteiger partial charge in [0.2, 0.25) is 0 Å². The number of hydrogen-bond acceptors (Lipinski definition) is 8. The Kier molecular flexibility index (Phi) is 6.49. The average Bonchev–Trinajstić information content (AvgIpc) is 3.11. The molecule has 0 saturated carbocycles. The Balaban J connectivity index is 1.29. The molecule has 242 valence electrons. The molecule has 7 aromatic rings. The number of aldehydes is 1. The van der Waals surface area contributed by atoms with Crippen molar-refractivity contribution in [1.82, 2.24) is 4.90 Å². The normalized spacial score (nSPS) is 12.7. The van der Waals surface area contributed by atoms with E-state index < -0.39 is 33.3 Å². The monoisotopic (exact) mass is 662 g/mol. The number of aryl methyl sites for hydroxylation is 1. The number of nitrogens with zero attached hydrogens (tertiary/aromatic N) is 3. The molecule has 1 aliphatic rings. The SMILES string of the molecule is Cc1ccc(-c2ccc(NC(=O)c3ccc4c5ccc6c7c(ccc(c8ccc(C=O)c3c84)c75)C(=O)N(C)C6=O)c([N+](=O)[O-])c2)cc1[N+](=O)[O-]. The zero-order valence-corrected chi connectivity index (χ0v) is 26.3. The van der Waals surface area contributed by atoms with Crippen LogP contribution in [-0.2, 0) is 0 Å². The Morgan fingerprint density at radius 3 is 1.78 bits per heavy atom. The van der Waals surface area contributed by atoms with Crippen LogP contribution in [0, 0.1) is 27.2 Å². The maximum absolute atomic E-state index is 14.0. The highest BCUT2D eigenvalue weighted by atomic mass is 16.6. The predicted octanol–water partition coefficient (Wildman–Crippen LogP) is 7.82. The number of nitrogens with one attached hydrogen (secondary N) is 1. The lowest BCUT2D eigenvalue weighted by atomic mass is 9.83. The number of carbonyl (C=O) groups excluding carboxylic acids is 4. The van der Waals surface area contributed by atoms with Gasteiger partial charge < -0.3 is 5.32 Å². The number of nitro groups is 2. The second-order valence-electron chi connectivity index (χ2n) is 12.2. The first-order valence-electron chi connectivity index (χ1n) is 15.3. The van der Waals surface area contributed by atoms with Gasteiger partial charge in [-0.1, -0.05) is 48.5 Å². The summed E-state index contributed by atoms with van der Waals surface area (Å²) in [5, 5.41) is 31.3. The fraction of sp³-hybridized carbons (Fsp3) is 0.0526. The second kappa shape index (κ2) is 10.7. The largest absolute Gasteiger partial charge is 0.316 e. The maximum atomic E-state index is 14.0. The number of amides is 3. The molecule has 1 heterocycles. The van der Waals surface area contributed by atoms with E-state index in [-0.39, 0.29) is 22.5 Å². The molecule has 12 nitrogen and oxygen atoms in total. The molecule has 0 aliphatic carbocycles. The summed E-state index contributed by atoms with van der Waals surface area (Å²) in [5.41, 5.74) is 1.63. The van der Waals surface area contributed by atoms with Crippen LogP contribution in [-0.4, -0.2) is 45.8 Å². The molecule has 1 aliphatic heterocycles. The average molecular weight is 663 g/mol. The molecule has 0 bridgehead atoms. The molecule has 0 spiro atoms. The second-order valence-corrected chi connectivity index (χ2v) is 12.2. The number of fused-ring (bicyclic) bond motifs is 2. The molecule has 8 rings (SSSR count). The van der Waals surface area contributed by atoms with Gasteiger partial charge in [-0.15, -0.1) is 0 Å². The van der Waals surface area contributed by atoms with E-state index in [2.05, 4.69) is 5.32 Å². The van der Waals surface area contributed by atoms with E-state index in [0.29, 0.717) is 66.4 Å². The number of nitro benzene ring substituents is 2. The van der Waals surface area contributed by atoms with Crippen LogP contribution in [0.4, 0.5) is 17.1 Å². The smallest absolute Gasteiger partial charge is 0.293 e. The minimum absolute atomic E-state index is 0.0984. The molecule has 0 saturated heterocycles. The summed E-state index contributed by atoms with van der Waals surface area (Å²) < 4.78 is 0. The van der Waals surface area contributed by atoms with Crippen molar-refractivity contribution in [3.8, 4) is 11.1 Å². The van der Waals surface area contributed by atoms with Gasteiger partial charge in [-0.25, -0.2) is 0 Å². The summed E-state index contributed by atoms with van der Waals surface area (Å²) in [5.74, 6) is -1.52. The predicted molar refractivity (Wildman–Crippen MR) is 187 cm³/mol. The molecule has 3 amide bonds. The molecule has 0 aromatic heterocycles. The van der Waals surface area contributed by atoms with Crippen molar-refractivity contribution in [2.75, 3.05) is 12.4 Å². The summed E-state index contributed by atoms with van der Waals surface area (Å²) in [4.78, 5) is 76.2. The molecule has 12 heteroatoms. The van der Waals surface area contributed by atoms with Gasteiger partial charge in [0.15, 0.2) is 6.29 Å². The summed E-state index contributed by atoms with van der Waals surface area (Å²) in [6.07, 6.45) is 0.639. The summed E-state index contributed by atoms with van der Waals surface area (Å²) in [6, 6.07) is 22.2. The van der Waals surface area contributed by atoms with Crippen molar-refractivity contribution < 1.29 is 29.0 Å².